The topological polar surface area (TPSA) is 63.2 Å². The summed E-state index contributed by atoms with van der Waals surface area (Å²) in [6.45, 7) is 1.46. The van der Waals surface area contributed by atoms with Crippen LogP contribution in [0, 0.1) is 0 Å². The monoisotopic (exact) mass is 351 g/mol. The van der Waals surface area contributed by atoms with E-state index in [1.807, 2.05) is 18.2 Å². The number of anilines is 1. The van der Waals surface area contributed by atoms with Crippen LogP contribution in [-0.4, -0.2) is 14.2 Å². The number of hydrogen-bond donors (Lipinski definition) is 1. The number of Topliss-reactive ketones (excluding diaryl/α,β-unsaturated/α-hetero) is 1. The van der Waals surface area contributed by atoms with Crippen LogP contribution in [0.25, 0.3) is 10.8 Å². The standard InChI is InChI=1S/C20H17NO3S/c1-13(22)16-5-2-6-17(12-16)21-25(23,24)19-11-10-15-9-8-14-4-3-7-18(19)20(14)15/h2-7,10-12,21H,8-9H2,1H3. The van der Waals surface area contributed by atoms with Gasteiger partial charge in [0.1, 0.15) is 0 Å². The lowest BCUT2D eigenvalue weighted by Gasteiger charge is -2.12. The predicted octanol–water partition coefficient (Wildman–Crippen LogP) is 3.94. The Hall–Kier alpha value is -2.66. The van der Waals surface area contributed by atoms with Crippen molar-refractivity contribution in [1.29, 1.82) is 0 Å². The molecule has 4 nitrogen and oxygen atoms in total. The Morgan fingerprint density at radius 3 is 2.44 bits per heavy atom. The summed E-state index contributed by atoms with van der Waals surface area (Å²) in [5.41, 5.74) is 3.25. The molecule has 25 heavy (non-hydrogen) atoms. The molecule has 1 aliphatic carbocycles. The summed E-state index contributed by atoms with van der Waals surface area (Å²) in [4.78, 5) is 11.8. The molecule has 0 saturated carbocycles. The highest BCUT2D eigenvalue weighted by atomic mass is 32.2. The van der Waals surface area contributed by atoms with Crippen LogP contribution in [0.3, 0.4) is 0 Å². The van der Waals surface area contributed by atoms with Crippen LogP contribution in [0.4, 0.5) is 5.69 Å². The zero-order valence-electron chi connectivity index (χ0n) is 13.7. The number of aryl methyl sites for hydroxylation is 2. The van der Waals surface area contributed by atoms with E-state index in [0.717, 1.165) is 23.6 Å². The van der Waals surface area contributed by atoms with E-state index >= 15 is 0 Å². The number of ketones is 1. The second-order valence-electron chi connectivity index (χ2n) is 6.31. The summed E-state index contributed by atoms with van der Waals surface area (Å²) in [5, 5.41) is 1.81. The molecule has 0 heterocycles. The Kier molecular flexibility index (Phi) is 3.62. The van der Waals surface area contributed by atoms with Crippen molar-refractivity contribution >= 4 is 32.3 Å². The summed E-state index contributed by atoms with van der Waals surface area (Å²) in [7, 11) is -3.75. The van der Waals surface area contributed by atoms with Gasteiger partial charge < -0.3 is 0 Å². The third-order valence-corrected chi connectivity index (χ3v) is 6.09. The summed E-state index contributed by atoms with van der Waals surface area (Å²) >= 11 is 0. The average molecular weight is 351 g/mol. The van der Waals surface area contributed by atoms with Gasteiger partial charge in [-0.05, 0) is 54.5 Å². The van der Waals surface area contributed by atoms with Gasteiger partial charge in [0, 0.05) is 16.6 Å². The molecule has 0 aliphatic heterocycles. The first-order valence-electron chi connectivity index (χ1n) is 8.13. The van der Waals surface area contributed by atoms with E-state index < -0.39 is 10.0 Å². The van der Waals surface area contributed by atoms with Crippen molar-refractivity contribution in [2.75, 3.05) is 4.72 Å². The highest BCUT2D eigenvalue weighted by Gasteiger charge is 2.22. The van der Waals surface area contributed by atoms with E-state index in [0.29, 0.717) is 11.3 Å². The van der Waals surface area contributed by atoms with Crippen LogP contribution >= 0.6 is 0 Å². The number of benzene rings is 3. The van der Waals surface area contributed by atoms with E-state index in [9.17, 15) is 13.2 Å². The summed E-state index contributed by atoms with van der Waals surface area (Å²) < 4.78 is 28.5. The van der Waals surface area contributed by atoms with Crippen molar-refractivity contribution in [2.24, 2.45) is 0 Å². The first-order valence-corrected chi connectivity index (χ1v) is 9.61. The van der Waals surface area contributed by atoms with Crippen LogP contribution in [-0.2, 0) is 22.9 Å². The van der Waals surface area contributed by atoms with Crippen molar-refractivity contribution in [1.82, 2.24) is 0 Å². The fraction of sp³-hybridized carbons (Fsp3) is 0.150. The molecule has 0 spiro atoms. The molecule has 3 aromatic carbocycles. The van der Waals surface area contributed by atoms with Gasteiger partial charge in [-0.15, -0.1) is 0 Å². The zero-order valence-corrected chi connectivity index (χ0v) is 14.6. The van der Waals surface area contributed by atoms with Gasteiger partial charge in [0.15, 0.2) is 5.78 Å². The van der Waals surface area contributed by atoms with Crippen molar-refractivity contribution in [3.05, 3.63) is 71.3 Å². The van der Waals surface area contributed by atoms with E-state index in [4.69, 9.17) is 0 Å². The molecular weight excluding hydrogens is 334 g/mol. The van der Waals surface area contributed by atoms with Crippen LogP contribution in [0.1, 0.15) is 28.4 Å². The van der Waals surface area contributed by atoms with Crippen LogP contribution in [0.15, 0.2) is 59.5 Å². The van der Waals surface area contributed by atoms with Crippen molar-refractivity contribution < 1.29 is 13.2 Å². The fourth-order valence-corrected chi connectivity index (χ4v) is 4.72. The lowest BCUT2D eigenvalue weighted by Crippen LogP contribution is -2.14. The van der Waals surface area contributed by atoms with Gasteiger partial charge in [0.2, 0.25) is 0 Å². The quantitative estimate of drug-likeness (QED) is 0.724. The molecule has 0 bridgehead atoms. The second kappa shape index (κ2) is 5.70. The molecule has 0 amide bonds. The first-order chi connectivity index (χ1) is 12.0. The molecule has 0 unspecified atom stereocenters. The number of sulfonamides is 1. The Labute approximate surface area is 146 Å². The zero-order chi connectivity index (χ0) is 17.6. The second-order valence-corrected chi connectivity index (χ2v) is 7.96. The minimum Gasteiger partial charge on any atom is -0.295 e. The van der Waals surface area contributed by atoms with E-state index in [1.54, 1.807) is 30.3 Å². The Morgan fingerprint density at radius 2 is 1.68 bits per heavy atom. The third-order valence-electron chi connectivity index (χ3n) is 4.65. The lowest BCUT2D eigenvalue weighted by atomic mass is 10.1. The van der Waals surface area contributed by atoms with Crippen molar-refractivity contribution in [3.63, 3.8) is 0 Å². The summed E-state index contributed by atoms with van der Waals surface area (Å²) in [5.74, 6) is -0.105. The Bertz CT molecular complexity index is 1110. The van der Waals surface area contributed by atoms with Gasteiger partial charge in [0.05, 0.1) is 4.90 Å². The van der Waals surface area contributed by atoms with Gasteiger partial charge in [-0.2, -0.15) is 0 Å². The summed E-state index contributed by atoms with van der Waals surface area (Å²) in [6, 6.07) is 15.9. The van der Waals surface area contributed by atoms with Crippen LogP contribution in [0.5, 0.6) is 0 Å². The molecule has 126 valence electrons. The number of hydrogen-bond acceptors (Lipinski definition) is 3. The normalized spacial score (nSPS) is 13.2. The van der Waals surface area contributed by atoms with E-state index in [-0.39, 0.29) is 10.7 Å². The van der Waals surface area contributed by atoms with E-state index in [2.05, 4.69) is 10.8 Å². The van der Waals surface area contributed by atoms with Gasteiger partial charge in [0.25, 0.3) is 10.0 Å². The minimum absolute atomic E-state index is 0.105. The molecule has 0 atom stereocenters. The lowest BCUT2D eigenvalue weighted by molar-refractivity contribution is 0.101. The fourth-order valence-electron chi connectivity index (χ4n) is 3.47. The van der Waals surface area contributed by atoms with Crippen molar-refractivity contribution in [2.45, 2.75) is 24.7 Å². The number of carbonyl (C=O) groups excluding carboxylic acids is 1. The van der Waals surface area contributed by atoms with Gasteiger partial charge in [-0.3, -0.25) is 9.52 Å². The maximum absolute atomic E-state index is 12.9. The van der Waals surface area contributed by atoms with Crippen LogP contribution in [0.2, 0.25) is 0 Å². The molecular formula is C20H17NO3S. The average Bonchev–Trinajstić information content (AvgIpc) is 3.00. The van der Waals surface area contributed by atoms with Crippen LogP contribution < -0.4 is 4.72 Å². The number of nitrogens with one attached hydrogen (secondary N) is 1. The van der Waals surface area contributed by atoms with Gasteiger partial charge in [-0.1, -0.05) is 36.4 Å². The Morgan fingerprint density at radius 1 is 0.960 bits per heavy atom. The SMILES string of the molecule is CC(=O)c1cccc(NS(=O)(=O)c2ccc3c4c(cccc24)CC3)c1. The maximum Gasteiger partial charge on any atom is 0.262 e. The first kappa shape index (κ1) is 15.8. The Balaban J connectivity index is 1.81. The molecule has 5 heteroatoms. The number of rotatable bonds is 4. The maximum atomic E-state index is 12.9. The van der Waals surface area contributed by atoms with Gasteiger partial charge in [-0.25, -0.2) is 8.42 Å². The van der Waals surface area contributed by atoms with E-state index in [1.165, 1.54) is 18.1 Å². The molecule has 0 fully saturated rings. The molecule has 1 aliphatic rings. The molecule has 1 N–H and O–H groups in total. The van der Waals surface area contributed by atoms with Crippen molar-refractivity contribution in [3.8, 4) is 0 Å². The highest BCUT2D eigenvalue weighted by Crippen LogP contribution is 2.35. The molecule has 0 aromatic heterocycles. The third kappa shape index (κ3) is 2.70. The van der Waals surface area contributed by atoms with Gasteiger partial charge >= 0.3 is 0 Å². The highest BCUT2D eigenvalue weighted by molar-refractivity contribution is 7.93. The summed E-state index contributed by atoms with van der Waals surface area (Å²) in [6.07, 6.45) is 1.90. The molecule has 0 saturated heterocycles. The minimum atomic E-state index is -3.75. The predicted molar refractivity (Wildman–Crippen MR) is 98.6 cm³/mol. The molecule has 4 rings (SSSR count). The largest absolute Gasteiger partial charge is 0.295 e. The molecule has 0 radical (unpaired) electrons. The molecule has 3 aromatic rings. The number of carbonyl (C=O) groups is 1. The smallest absolute Gasteiger partial charge is 0.262 e.